The van der Waals surface area contributed by atoms with Crippen molar-refractivity contribution in [1.82, 2.24) is 10.2 Å². The van der Waals surface area contributed by atoms with Gasteiger partial charge >= 0.3 is 11.9 Å². The Bertz CT molecular complexity index is 352. The molecule has 0 aliphatic carbocycles. The van der Waals surface area contributed by atoms with Gasteiger partial charge < -0.3 is 10.1 Å². The fourth-order valence-corrected chi connectivity index (χ4v) is 3.54. The lowest BCUT2D eigenvalue weighted by atomic mass is 9.92. The van der Waals surface area contributed by atoms with E-state index < -0.39 is 18.3 Å². The van der Waals surface area contributed by atoms with Crippen LogP contribution in [0.3, 0.4) is 0 Å². The summed E-state index contributed by atoms with van der Waals surface area (Å²) in [7, 11) is 1.01. The van der Waals surface area contributed by atoms with Gasteiger partial charge in [-0.3, -0.25) is 4.90 Å². The molecule has 3 unspecified atom stereocenters. The molecule has 2 rings (SSSR count). The zero-order chi connectivity index (χ0) is 14.8. The van der Waals surface area contributed by atoms with Crippen molar-refractivity contribution in [2.75, 3.05) is 26.7 Å². The summed E-state index contributed by atoms with van der Waals surface area (Å²) in [6.45, 7) is 4.88. The van der Waals surface area contributed by atoms with E-state index in [1.54, 1.807) is 0 Å². The molecular formula is C14H24F2N2O2. The minimum Gasteiger partial charge on any atom is -0.465 e. The SMILES string of the molecule is COC(=O)C(F)(F)CC1CCCN1C1CCNCC1C. The molecule has 0 radical (unpaired) electrons. The average molecular weight is 290 g/mol. The zero-order valence-electron chi connectivity index (χ0n) is 12.2. The summed E-state index contributed by atoms with van der Waals surface area (Å²) in [5.74, 6) is -4.34. The molecule has 0 spiro atoms. The highest BCUT2D eigenvalue weighted by Gasteiger charge is 2.46. The predicted octanol–water partition coefficient (Wildman–Crippen LogP) is 1.65. The van der Waals surface area contributed by atoms with Crippen LogP contribution in [0.2, 0.25) is 0 Å². The highest BCUT2D eigenvalue weighted by Crippen LogP contribution is 2.33. The number of methoxy groups -OCH3 is 1. The van der Waals surface area contributed by atoms with Gasteiger partial charge in [-0.1, -0.05) is 6.92 Å². The van der Waals surface area contributed by atoms with Gasteiger partial charge in [0.05, 0.1) is 7.11 Å². The summed E-state index contributed by atoms with van der Waals surface area (Å²) >= 11 is 0. The van der Waals surface area contributed by atoms with Gasteiger partial charge in [-0.2, -0.15) is 8.78 Å². The summed E-state index contributed by atoms with van der Waals surface area (Å²) in [6.07, 6.45) is 2.24. The number of likely N-dealkylation sites (tertiary alicyclic amines) is 1. The molecule has 0 aromatic rings. The third-order valence-electron chi connectivity index (χ3n) is 4.56. The van der Waals surface area contributed by atoms with Gasteiger partial charge in [0, 0.05) is 18.5 Å². The Kier molecular flexibility index (Phi) is 4.96. The van der Waals surface area contributed by atoms with E-state index in [-0.39, 0.29) is 6.04 Å². The van der Waals surface area contributed by atoms with Gasteiger partial charge in [0.15, 0.2) is 0 Å². The molecule has 0 aromatic heterocycles. The lowest BCUT2D eigenvalue weighted by Crippen LogP contribution is -2.51. The smallest absolute Gasteiger partial charge is 0.376 e. The Morgan fingerprint density at radius 3 is 2.85 bits per heavy atom. The maximum Gasteiger partial charge on any atom is 0.376 e. The third-order valence-corrected chi connectivity index (χ3v) is 4.56. The molecule has 20 heavy (non-hydrogen) atoms. The number of esters is 1. The second-order valence-corrected chi connectivity index (χ2v) is 5.97. The van der Waals surface area contributed by atoms with Crippen LogP contribution < -0.4 is 5.32 Å². The van der Waals surface area contributed by atoms with E-state index in [0.29, 0.717) is 12.0 Å². The Morgan fingerprint density at radius 2 is 2.20 bits per heavy atom. The van der Waals surface area contributed by atoms with E-state index in [1.807, 2.05) is 0 Å². The first kappa shape index (κ1) is 15.6. The minimum atomic E-state index is -3.38. The summed E-state index contributed by atoms with van der Waals surface area (Å²) in [6, 6.07) is 0.131. The highest BCUT2D eigenvalue weighted by atomic mass is 19.3. The fraction of sp³-hybridized carbons (Fsp3) is 0.929. The van der Waals surface area contributed by atoms with Crippen molar-refractivity contribution in [3.63, 3.8) is 0 Å². The molecule has 6 heteroatoms. The Labute approximate surface area is 118 Å². The second kappa shape index (κ2) is 6.35. The first-order valence-corrected chi connectivity index (χ1v) is 7.38. The predicted molar refractivity (Wildman–Crippen MR) is 71.7 cm³/mol. The molecule has 0 aromatic carbocycles. The van der Waals surface area contributed by atoms with Gasteiger partial charge in [-0.05, 0) is 44.8 Å². The fourth-order valence-electron chi connectivity index (χ4n) is 3.54. The molecular weight excluding hydrogens is 266 g/mol. The van der Waals surface area contributed by atoms with Crippen molar-refractivity contribution in [2.45, 2.75) is 50.6 Å². The number of halogens is 2. The van der Waals surface area contributed by atoms with E-state index in [1.165, 1.54) is 0 Å². The van der Waals surface area contributed by atoms with E-state index in [0.717, 1.165) is 46.0 Å². The van der Waals surface area contributed by atoms with Crippen molar-refractivity contribution < 1.29 is 18.3 Å². The number of hydrogen-bond donors (Lipinski definition) is 1. The first-order chi connectivity index (χ1) is 9.45. The van der Waals surface area contributed by atoms with Crippen molar-refractivity contribution in [3.05, 3.63) is 0 Å². The van der Waals surface area contributed by atoms with Gasteiger partial charge in [0.1, 0.15) is 0 Å². The molecule has 2 fully saturated rings. The van der Waals surface area contributed by atoms with Crippen molar-refractivity contribution in [1.29, 1.82) is 0 Å². The largest absolute Gasteiger partial charge is 0.465 e. The van der Waals surface area contributed by atoms with Crippen molar-refractivity contribution in [2.24, 2.45) is 5.92 Å². The van der Waals surface area contributed by atoms with E-state index in [9.17, 15) is 13.6 Å². The maximum atomic E-state index is 13.8. The summed E-state index contributed by atoms with van der Waals surface area (Å²) in [5, 5.41) is 3.33. The van der Waals surface area contributed by atoms with Crippen LogP contribution in [0.25, 0.3) is 0 Å². The number of rotatable bonds is 4. The third kappa shape index (κ3) is 3.28. The van der Waals surface area contributed by atoms with Crippen LogP contribution in [-0.2, 0) is 9.53 Å². The van der Waals surface area contributed by atoms with Gasteiger partial charge in [0.25, 0.3) is 0 Å². The average Bonchev–Trinajstić information content (AvgIpc) is 2.85. The topological polar surface area (TPSA) is 41.6 Å². The molecule has 2 aliphatic heterocycles. The van der Waals surface area contributed by atoms with Crippen molar-refractivity contribution >= 4 is 5.97 Å². The quantitative estimate of drug-likeness (QED) is 0.799. The number of carbonyl (C=O) groups is 1. The summed E-state index contributed by atoms with van der Waals surface area (Å²) in [5.41, 5.74) is 0. The lowest BCUT2D eigenvalue weighted by Gasteiger charge is -2.40. The second-order valence-electron chi connectivity index (χ2n) is 5.97. The van der Waals surface area contributed by atoms with E-state index >= 15 is 0 Å². The van der Waals surface area contributed by atoms with Crippen LogP contribution in [-0.4, -0.2) is 55.6 Å². The number of nitrogens with zero attached hydrogens (tertiary/aromatic N) is 1. The van der Waals surface area contributed by atoms with E-state index in [4.69, 9.17) is 0 Å². The Morgan fingerprint density at radius 1 is 1.45 bits per heavy atom. The molecule has 0 saturated carbocycles. The van der Waals surface area contributed by atoms with Gasteiger partial charge in [-0.15, -0.1) is 0 Å². The molecule has 2 saturated heterocycles. The Hall–Kier alpha value is -0.750. The highest BCUT2D eigenvalue weighted by molar-refractivity contribution is 5.77. The summed E-state index contributed by atoms with van der Waals surface area (Å²) < 4.78 is 31.8. The molecule has 1 N–H and O–H groups in total. The lowest BCUT2D eigenvalue weighted by molar-refractivity contribution is -0.171. The van der Waals surface area contributed by atoms with Crippen LogP contribution in [0.4, 0.5) is 8.78 Å². The number of piperidine rings is 1. The maximum absolute atomic E-state index is 13.8. The van der Waals surface area contributed by atoms with E-state index in [2.05, 4.69) is 21.9 Å². The monoisotopic (exact) mass is 290 g/mol. The number of ether oxygens (including phenoxy) is 1. The number of alkyl halides is 2. The molecule has 2 aliphatic rings. The van der Waals surface area contributed by atoms with Crippen LogP contribution in [0.5, 0.6) is 0 Å². The molecule has 0 amide bonds. The number of hydrogen-bond acceptors (Lipinski definition) is 4. The molecule has 0 bridgehead atoms. The zero-order valence-corrected chi connectivity index (χ0v) is 12.2. The molecule has 2 heterocycles. The molecule has 3 atom stereocenters. The molecule has 4 nitrogen and oxygen atoms in total. The van der Waals surface area contributed by atoms with Crippen LogP contribution in [0, 0.1) is 5.92 Å². The van der Waals surface area contributed by atoms with Crippen molar-refractivity contribution in [3.8, 4) is 0 Å². The first-order valence-electron chi connectivity index (χ1n) is 7.38. The Balaban J connectivity index is 2.01. The normalized spacial score (nSPS) is 32.3. The van der Waals surface area contributed by atoms with Crippen LogP contribution >= 0.6 is 0 Å². The number of nitrogens with one attached hydrogen (secondary N) is 1. The minimum absolute atomic E-state index is 0.213. The van der Waals surface area contributed by atoms with Gasteiger partial charge in [-0.25, -0.2) is 4.79 Å². The van der Waals surface area contributed by atoms with Crippen LogP contribution in [0.1, 0.15) is 32.6 Å². The van der Waals surface area contributed by atoms with Gasteiger partial charge in [0.2, 0.25) is 0 Å². The number of carbonyl (C=O) groups excluding carboxylic acids is 1. The summed E-state index contributed by atoms with van der Waals surface area (Å²) in [4.78, 5) is 13.4. The van der Waals surface area contributed by atoms with Crippen LogP contribution in [0.15, 0.2) is 0 Å². The standard InChI is InChI=1S/C14H24F2N2O2/c1-10-9-17-6-5-12(10)18-7-3-4-11(18)8-14(15,16)13(19)20-2/h10-12,17H,3-9H2,1-2H3. The molecule has 116 valence electrons.